The fourth-order valence-electron chi connectivity index (χ4n) is 1.79. The molecule has 2 aromatic rings. The van der Waals surface area contributed by atoms with E-state index >= 15 is 0 Å². The van der Waals surface area contributed by atoms with Gasteiger partial charge in [0.15, 0.2) is 6.29 Å². The summed E-state index contributed by atoms with van der Waals surface area (Å²) in [4.78, 5) is 14.8. The molecule has 0 spiro atoms. The highest BCUT2D eigenvalue weighted by Crippen LogP contribution is 2.31. The summed E-state index contributed by atoms with van der Waals surface area (Å²) in [6, 6.07) is 6.05. The van der Waals surface area contributed by atoms with E-state index in [9.17, 15) is 4.79 Å². The Morgan fingerprint density at radius 3 is 3.19 bits per heavy atom. The third kappa shape index (κ3) is 1.51. The summed E-state index contributed by atoms with van der Waals surface area (Å²) in [6.45, 7) is 0.760. The summed E-state index contributed by atoms with van der Waals surface area (Å²) in [5.74, 6) is 0.968. The Morgan fingerprint density at radius 1 is 1.44 bits per heavy atom. The standard InChI is InChI=1S/C12H9NO2S/c14-6-10-7-16-12(13-10)9-1-2-11-8(5-9)3-4-15-11/h1-2,5-7H,3-4H2. The number of rotatable bonds is 2. The predicted octanol–water partition coefficient (Wildman–Crippen LogP) is 2.56. The maximum Gasteiger partial charge on any atom is 0.169 e. The third-order valence-corrected chi connectivity index (χ3v) is 3.49. The second-order valence-corrected chi connectivity index (χ2v) is 4.47. The second-order valence-electron chi connectivity index (χ2n) is 3.62. The zero-order valence-electron chi connectivity index (χ0n) is 8.47. The van der Waals surface area contributed by atoms with Crippen molar-refractivity contribution in [3.63, 3.8) is 0 Å². The number of aldehydes is 1. The van der Waals surface area contributed by atoms with Crippen molar-refractivity contribution < 1.29 is 9.53 Å². The first-order valence-corrected chi connectivity index (χ1v) is 5.91. The second kappa shape index (κ2) is 3.72. The van der Waals surface area contributed by atoms with Crippen molar-refractivity contribution in [1.82, 2.24) is 4.98 Å². The van der Waals surface area contributed by atoms with Crippen molar-refractivity contribution in [3.05, 3.63) is 34.8 Å². The number of ether oxygens (including phenoxy) is 1. The van der Waals surface area contributed by atoms with E-state index in [1.807, 2.05) is 12.1 Å². The molecule has 16 heavy (non-hydrogen) atoms. The Hall–Kier alpha value is -1.68. The molecule has 0 N–H and O–H groups in total. The lowest BCUT2D eigenvalue weighted by atomic mass is 10.1. The Morgan fingerprint density at radius 2 is 2.38 bits per heavy atom. The number of benzene rings is 1. The fraction of sp³-hybridized carbons (Fsp3) is 0.167. The number of carbonyl (C=O) groups excluding carboxylic acids is 1. The first-order chi connectivity index (χ1) is 7.86. The highest BCUT2D eigenvalue weighted by atomic mass is 32.1. The lowest BCUT2D eigenvalue weighted by molar-refractivity contribution is 0.111. The molecule has 1 aliphatic rings. The topological polar surface area (TPSA) is 39.2 Å². The first-order valence-electron chi connectivity index (χ1n) is 5.03. The van der Waals surface area contributed by atoms with Crippen LogP contribution >= 0.6 is 11.3 Å². The highest BCUT2D eigenvalue weighted by Gasteiger charge is 2.13. The molecule has 0 saturated heterocycles. The van der Waals surface area contributed by atoms with Gasteiger partial charge in [-0.2, -0.15) is 0 Å². The van der Waals surface area contributed by atoms with Gasteiger partial charge in [-0.05, 0) is 23.8 Å². The number of aromatic nitrogens is 1. The average molecular weight is 231 g/mol. The molecule has 4 heteroatoms. The van der Waals surface area contributed by atoms with Crippen LogP contribution < -0.4 is 4.74 Å². The SMILES string of the molecule is O=Cc1csc(-c2ccc3c(c2)CCO3)n1. The van der Waals surface area contributed by atoms with Crippen LogP contribution in [0.5, 0.6) is 5.75 Å². The lowest BCUT2D eigenvalue weighted by Crippen LogP contribution is -1.85. The minimum Gasteiger partial charge on any atom is -0.493 e. The molecule has 3 nitrogen and oxygen atoms in total. The van der Waals surface area contributed by atoms with Crippen LogP contribution in [0.4, 0.5) is 0 Å². The van der Waals surface area contributed by atoms with Gasteiger partial charge in [-0.15, -0.1) is 11.3 Å². The van der Waals surface area contributed by atoms with Gasteiger partial charge in [0.2, 0.25) is 0 Å². The van der Waals surface area contributed by atoms with E-state index in [2.05, 4.69) is 11.1 Å². The van der Waals surface area contributed by atoms with Crippen LogP contribution in [-0.4, -0.2) is 17.9 Å². The van der Waals surface area contributed by atoms with E-state index in [0.29, 0.717) is 5.69 Å². The molecule has 0 unspecified atom stereocenters. The number of fused-ring (bicyclic) bond motifs is 1. The lowest BCUT2D eigenvalue weighted by Gasteiger charge is -2.00. The van der Waals surface area contributed by atoms with Crippen LogP contribution in [0.1, 0.15) is 16.1 Å². The number of thiazole rings is 1. The quantitative estimate of drug-likeness (QED) is 0.746. The van der Waals surface area contributed by atoms with Gasteiger partial charge in [0, 0.05) is 17.4 Å². The van der Waals surface area contributed by atoms with E-state index in [0.717, 1.165) is 35.6 Å². The van der Waals surface area contributed by atoms with Crippen LogP contribution in [0.3, 0.4) is 0 Å². The minimum atomic E-state index is 0.497. The van der Waals surface area contributed by atoms with Crippen LogP contribution in [0, 0.1) is 0 Å². The molecule has 2 heterocycles. The van der Waals surface area contributed by atoms with E-state index in [1.54, 1.807) is 5.38 Å². The van der Waals surface area contributed by atoms with Crippen molar-refractivity contribution >= 4 is 17.6 Å². The van der Waals surface area contributed by atoms with E-state index in [-0.39, 0.29) is 0 Å². The monoisotopic (exact) mass is 231 g/mol. The first kappa shape index (κ1) is 9.54. The Kier molecular flexibility index (Phi) is 2.22. The van der Waals surface area contributed by atoms with Crippen molar-refractivity contribution in [2.75, 3.05) is 6.61 Å². The Labute approximate surface area is 96.7 Å². The number of carbonyl (C=O) groups is 1. The summed E-state index contributed by atoms with van der Waals surface area (Å²) < 4.78 is 5.44. The van der Waals surface area contributed by atoms with Crippen LogP contribution in [0.15, 0.2) is 23.6 Å². The molecular formula is C12H9NO2S. The van der Waals surface area contributed by atoms with Crippen LogP contribution in [0.25, 0.3) is 10.6 Å². The highest BCUT2D eigenvalue weighted by molar-refractivity contribution is 7.13. The molecule has 1 aliphatic heterocycles. The normalized spacial score (nSPS) is 13.2. The van der Waals surface area contributed by atoms with E-state index in [4.69, 9.17) is 4.74 Å². The molecule has 0 amide bonds. The van der Waals surface area contributed by atoms with Crippen molar-refractivity contribution in [2.45, 2.75) is 6.42 Å². The average Bonchev–Trinajstić information content (AvgIpc) is 2.96. The van der Waals surface area contributed by atoms with Gasteiger partial charge in [-0.3, -0.25) is 4.79 Å². The number of hydrogen-bond donors (Lipinski definition) is 0. The van der Waals surface area contributed by atoms with Gasteiger partial charge in [-0.25, -0.2) is 4.98 Å². The molecule has 0 bridgehead atoms. The summed E-state index contributed by atoms with van der Waals surface area (Å²) in [5.41, 5.74) is 2.78. The Bertz CT molecular complexity index is 548. The van der Waals surface area contributed by atoms with Crippen molar-refractivity contribution in [1.29, 1.82) is 0 Å². The van der Waals surface area contributed by atoms with Gasteiger partial charge in [0.1, 0.15) is 16.5 Å². The van der Waals surface area contributed by atoms with E-state index in [1.165, 1.54) is 16.9 Å². The van der Waals surface area contributed by atoms with Gasteiger partial charge in [0.25, 0.3) is 0 Å². The zero-order valence-corrected chi connectivity index (χ0v) is 9.29. The number of hydrogen-bond acceptors (Lipinski definition) is 4. The fourth-order valence-corrected chi connectivity index (χ4v) is 2.55. The van der Waals surface area contributed by atoms with Gasteiger partial charge in [-0.1, -0.05) is 0 Å². The van der Waals surface area contributed by atoms with Crippen molar-refractivity contribution in [2.24, 2.45) is 0 Å². The maximum atomic E-state index is 10.6. The smallest absolute Gasteiger partial charge is 0.169 e. The third-order valence-electron chi connectivity index (χ3n) is 2.58. The summed E-state index contributed by atoms with van der Waals surface area (Å²) in [6.07, 6.45) is 1.73. The summed E-state index contributed by atoms with van der Waals surface area (Å²) in [7, 11) is 0. The molecule has 0 saturated carbocycles. The molecular weight excluding hydrogens is 222 g/mol. The number of nitrogens with zero attached hydrogens (tertiary/aromatic N) is 1. The summed E-state index contributed by atoms with van der Waals surface area (Å²) in [5, 5.41) is 2.66. The minimum absolute atomic E-state index is 0.497. The van der Waals surface area contributed by atoms with E-state index < -0.39 is 0 Å². The van der Waals surface area contributed by atoms with Gasteiger partial charge >= 0.3 is 0 Å². The Balaban J connectivity index is 2.03. The zero-order chi connectivity index (χ0) is 11.0. The molecule has 3 rings (SSSR count). The molecule has 0 aliphatic carbocycles. The van der Waals surface area contributed by atoms with Gasteiger partial charge < -0.3 is 4.74 Å². The molecule has 1 aromatic carbocycles. The maximum absolute atomic E-state index is 10.6. The molecule has 0 radical (unpaired) electrons. The largest absolute Gasteiger partial charge is 0.493 e. The molecule has 1 aromatic heterocycles. The molecule has 0 atom stereocenters. The summed E-state index contributed by atoms with van der Waals surface area (Å²) >= 11 is 1.49. The van der Waals surface area contributed by atoms with Crippen LogP contribution in [-0.2, 0) is 6.42 Å². The van der Waals surface area contributed by atoms with Crippen LogP contribution in [0.2, 0.25) is 0 Å². The predicted molar refractivity (Wildman–Crippen MR) is 62.1 cm³/mol. The van der Waals surface area contributed by atoms with Crippen molar-refractivity contribution in [3.8, 4) is 16.3 Å². The van der Waals surface area contributed by atoms with Gasteiger partial charge in [0.05, 0.1) is 6.61 Å². The molecule has 80 valence electrons. The molecule has 0 fully saturated rings.